The number of sulfone groups is 1. The van der Waals surface area contributed by atoms with E-state index in [0.717, 1.165) is 63.9 Å². The van der Waals surface area contributed by atoms with E-state index in [9.17, 15) is 21.6 Å². The molecule has 2 aromatic carbocycles. The van der Waals surface area contributed by atoms with Crippen LogP contribution in [-0.2, 0) is 21.1 Å². The Labute approximate surface area is 268 Å². The van der Waals surface area contributed by atoms with Crippen molar-refractivity contribution in [2.45, 2.75) is 68.2 Å². The molecule has 3 fully saturated rings. The second-order valence-corrected chi connectivity index (χ2v) is 15.0. The van der Waals surface area contributed by atoms with Crippen molar-refractivity contribution in [3.8, 4) is 17.6 Å². The Balaban J connectivity index is 1.14. The molecule has 248 valence electrons. The first-order valence-corrected chi connectivity index (χ1v) is 17.7. The molecule has 1 aliphatic carbocycles. The molecular formula is C34H41F3N4O4S. The number of aromatic nitrogens is 1. The van der Waals surface area contributed by atoms with Gasteiger partial charge < -0.3 is 29.6 Å². The third kappa shape index (κ3) is 7.27. The maximum absolute atomic E-state index is 13.7. The van der Waals surface area contributed by atoms with Crippen LogP contribution in [0.1, 0.15) is 44.2 Å². The van der Waals surface area contributed by atoms with E-state index < -0.39 is 22.6 Å². The highest BCUT2D eigenvalue weighted by atomic mass is 32.2. The van der Waals surface area contributed by atoms with E-state index in [4.69, 9.17) is 9.47 Å². The highest BCUT2D eigenvalue weighted by molar-refractivity contribution is 7.90. The van der Waals surface area contributed by atoms with Gasteiger partial charge in [0.2, 0.25) is 0 Å². The van der Waals surface area contributed by atoms with Crippen molar-refractivity contribution < 1.29 is 31.1 Å². The summed E-state index contributed by atoms with van der Waals surface area (Å²) >= 11 is 0. The minimum absolute atomic E-state index is 0.113. The number of benzene rings is 2. The fraction of sp³-hybridized carbons (Fsp3) is 0.529. The van der Waals surface area contributed by atoms with E-state index in [-0.39, 0.29) is 23.2 Å². The van der Waals surface area contributed by atoms with E-state index in [2.05, 4.69) is 27.4 Å². The van der Waals surface area contributed by atoms with Gasteiger partial charge >= 0.3 is 6.18 Å². The number of hydrogen-bond acceptors (Lipinski definition) is 7. The van der Waals surface area contributed by atoms with Crippen molar-refractivity contribution in [3.63, 3.8) is 0 Å². The topological polar surface area (TPSA) is 84.8 Å². The average Bonchev–Trinajstić information content (AvgIpc) is 3.35. The van der Waals surface area contributed by atoms with E-state index in [1.807, 2.05) is 6.07 Å². The van der Waals surface area contributed by atoms with Gasteiger partial charge in [0, 0.05) is 40.9 Å². The number of likely N-dealkylation sites (tertiary alicyclic amines) is 1. The summed E-state index contributed by atoms with van der Waals surface area (Å²) in [5.41, 5.74) is 2.53. The summed E-state index contributed by atoms with van der Waals surface area (Å²) in [7, 11) is -1.98. The third-order valence-electron chi connectivity index (χ3n) is 9.72. The molecule has 0 unspecified atom stereocenters. The van der Waals surface area contributed by atoms with Crippen molar-refractivity contribution in [1.82, 2.24) is 9.47 Å². The van der Waals surface area contributed by atoms with Crippen LogP contribution in [0, 0.1) is 17.3 Å². The highest BCUT2D eigenvalue weighted by Crippen LogP contribution is 2.40. The van der Waals surface area contributed by atoms with Gasteiger partial charge in [-0.1, -0.05) is 12.0 Å². The molecule has 2 aliphatic heterocycles. The number of fused-ring (bicyclic) bond motifs is 1. The molecule has 8 nitrogen and oxygen atoms in total. The van der Waals surface area contributed by atoms with Crippen molar-refractivity contribution in [2.24, 2.45) is 5.41 Å². The van der Waals surface area contributed by atoms with Crippen molar-refractivity contribution in [1.29, 1.82) is 0 Å². The number of nitrogens with one attached hydrogen (secondary N) is 2. The molecule has 1 spiro atoms. The minimum atomic E-state index is -4.42. The molecule has 0 amide bonds. The van der Waals surface area contributed by atoms with Crippen LogP contribution in [0.2, 0.25) is 0 Å². The maximum atomic E-state index is 13.7. The van der Waals surface area contributed by atoms with Crippen LogP contribution in [0.3, 0.4) is 0 Å². The molecule has 2 N–H and O–H groups in total. The number of anilines is 2. The van der Waals surface area contributed by atoms with Crippen LogP contribution in [0.15, 0.2) is 47.4 Å². The van der Waals surface area contributed by atoms with Crippen molar-refractivity contribution in [3.05, 3.63) is 48.2 Å². The number of methoxy groups -OCH3 is 1. The zero-order valence-electron chi connectivity index (χ0n) is 26.3. The molecule has 12 heteroatoms. The zero-order chi connectivity index (χ0) is 32.5. The average molecular weight is 659 g/mol. The number of ether oxygens (including phenoxy) is 2. The first-order chi connectivity index (χ1) is 21.9. The standard InChI is InChI=1S/C34H41F3N4O4S/c1-44-32-20-27(46(2,42)43)12-13-30(32)38-16-4-5-26-19-28-29(6-3-7-31(28)41(26)21-34(35,36)37)39-24-8-10-25(11-9-24)40-17-14-33(15-18-40)22-45-23-33/h3,6-7,12-13,19-20,24-25,38-39H,8-11,14-18,21-23H2,1-2H3/t24-,25-. The summed E-state index contributed by atoms with van der Waals surface area (Å²) in [5, 5.41) is 7.44. The van der Waals surface area contributed by atoms with E-state index in [1.165, 1.54) is 36.7 Å². The maximum Gasteiger partial charge on any atom is 0.406 e. The summed E-state index contributed by atoms with van der Waals surface area (Å²) < 4.78 is 76.9. The second-order valence-electron chi connectivity index (χ2n) is 12.9. The lowest BCUT2D eigenvalue weighted by Crippen LogP contribution is -2.53. The second kappa shape index (κ2) is 13.0. The number of rotatable bonds is 8. The molecule has 3 aromatic rings. The minimum Gasteiger partial charge on any atom is -0.495 e. The Bertz CT molecular complexity index is 1720. The van der Waals surface area contributed by atoms with E-state index in [1.54, 1.807) is 24.3 Å². The summed E-state index contributed by atoms with van der Waals surface area (Å²) in [6.07, 6.45) is 3.38. The van der Waals surface area contributed by atoms with Crippen LogP contribution >= 0.6 is 0 Å². The molecule has 0 radical (unpaired) electrons. The summed E-state index contributed by atoms with van der Waals surface area (Å²) in [4.78, 5) is 2.77. The van der Waals surface area contributed by atoms with E-state index in [0.29, 0.717) is 33.8 Å². The van der Waals surface area contributed by atoms with Gasteiger partial charge in [0.25, 0.3) is 0 Å². The van der Waals surface area contributed by atoms with Crippen LogP contribution in [-0.4, -0.2) is 82.4 Å². The Morgan fingerprint density at radius 1 is 1.04 bits per heavy atom. The molecule has 2 saturated heterocycles. The predicted molar refractivity (Wildman–Crippen MR) is 173 cm³/mol. The SMILES string of the molecule is COc1cc(S(C)(=O)=O)ccc1NCC#Cc1cc2c(N[C@H]3CC[C@H](N4CCC5(CC4)COC5)CC3)cccc2n1CC(F)(F)F. The van der Waals surface area contributed by atoms with Crippen LogP contribution < -0.4 is 15.4 Å². The number of nitrogens with zero attached hydrogens (tertiary/aromatic N) is 2. The van der Waals surface area contributed by atoms with Crippen LogP contribution in [0.25, 0.3) is 10.9 Å². The van der Waals surface area contributed by atoms with Crippen molar-refractivity contribution in [2.75, 3.05) is 56.8 Å². The molecule has 6 rings (SSSR count). The molecule has 3 aliphatic rings. The van der Waals surface area contributed by atoms with Gasteiger partial charge in [0.15, 0.2) is 9.84 Å². The number of halogens is 3. The normalized spacial score (nSPS) is 21.8. The van der Waals surface area contributed by atoms with Gasteiger partial charge in [0.05, 0.1) is 48.7 Å². The van der Waals surface area contributed by atoms with E-state index >= 15 is 0 Å². The lowest BCUT2D eigenvalue weighted by Gasteiger charge is -2.49. The Kier molecular flexibility index (Phi) is 9.20. The van der Waals surface area contributed by atoms with Crippen molar-refractivity contribution >= 4 is 32.1 Å². The molecule has 1 saturated carbocycles. The molecular weight excluding hydrogens is 617 g/mol. The molecule has 3 heterocycles. The number of alkyl halides is 3. The van der Waals surface area contributed by atoms with Gasteiger partial charge in [-0.25, -0.2) is 8.42 Å². The Morgan fingerprint density at radius 3 is 2.41 bits per heavy atom. The predicted octanol–water partition coefficient (Wildman–Crippen LogP) is 5.91. The Hall–Kier alpha value is -3.40. The third-order valence-corrected chi connectivity index (χ3v) is 10.8. The first kappa shape index (κ1) is 32.5. The summed E-state index contributed by atoms with van der Waals surface area (Å²) in [6.45, 7) is 3.07. The largest absolute Gasteiger partial charge is 0.495 e. The van der Waals surface area contributed by atoms with Gasteiger partial charge in [-0.05, 0) is 87.9 Å². The first-order valence-electron chi connectivity index (χ1n) is 15.8. The molecule has 0 atom stereocenters. The smallest absolute Gasteiger partial charge is 0.406 e. The number of piperidine rings is 1. The zero-order valence-corrected chi connectivity index (χ0v) is 27.1. The van der Waals surface area contributed by atoms with Gasteiger partial charge in [0.1, 0.15) is 12.3 Å². The number of hydrogen-bond donors (Lipinski definition) is 2. The van der Waals surface area contributed by atoms with Gasteiger partial charge in [-0.2, -0.15) is 13.2 Å². The fourth-order valence-electron chi connectivity index (χ4n) is 7.03. The monoisotopic (exact) mass is 658 g/mol. The van der Waals surface area contributed by atoms with Crippen LogP contribution in [0.4, 0.5) is 24.5 Å². The Morgan fingerprint density at radius 2 is 1.78 bits per heavy atom. The fourth-order valence-corrected chi connectivity index (χ4v) is 7.67. The summed E-state index contributed by atoms with van der Waals surface area (Å²) in [6, 6.07) is 12.5. The molecule has 1 aromatic heterocycles. The summed E-state index contributed by atoms with van der Waals surface area (Å²) in [5.74, 6) is 6.18. The highest BCUT2D eigenvalue weighted by Gasteiger charge is 2.42. The van der Waals surface area contributed by atoms with Gasteiger partial charge in [-0.15, -0.1) is 0 Å². The lowest BCUT2D eigenvalue weighted by atomic mass is 9.76. The molecule has 46 heavy (non-hydrogen) atoms. The quantitative estimate of drug-likeness (QED) is 0.291. The van der Waals surface area contributed by atoms with Crippen LogP contribution in [0.5, 0.6) is 5.75 Å². The lowest BCUT2D eigenvalue weighted by molar-refractivity contribution is -0.143. The van der Waals surface area contributed by atoms with Gasteiger partial charge in [-0.3, -0.25) is 0 Å². The molecule has 0 bridgehead atoms.